The first-order valence-electron chi connectivity index (χ1n) is 11.5. The van der Waals surface area contributed by atoms with Gasteiger partial charge in [-0.1, -0.05) is 6.07 Å². The number of hydrogen-bond acceptors (Lipinski definition) is 6. The van der Waals surface area contributed by atoms with E-state index in [2.05, 4.69) is 29.2 Å². The molecule has 1 heterocycles. The van der Waals surface area contributed by atoms with Crippen molar-refractivity contribution in [2.45, 2.75) is 25.8 Å². The minimum absolute atomic E-state index is 0.153. The molecule has 0 spiro atoms. The minimum Gasteiger partial charge on any atom is -0.497 e. The molecule has 2 N–H and O–H groups in total. The highest BCUT2D eigenvalue weighted by Crippen LogP contribution is 2.32. The van der Waals surface area contributed by atoms with Crippen LogP contribution < -0.4 is 15.4 Å². The first kappa shape index (κ1) is 24.7. The predicted octanol–water partition coefficient (Wildman–Crippen LogP) is 4.88. The average Bonchev–Trinajstić information content (AvgIpc) is 2.87. The summed E-state index contributed by atoms with van der Waals surface area (Å²) in [7, 11) is 2.92. The van der Waals surface area contributed by atoms with Gasteiger partial charge in [-0.05, 0) is 86.5 Å². The summed E-state index contributed by atoms with van der Waals surface area (Å²) in [6.45, 7) is 4.19. The smallest absolute Gasteiger partial charge is 0.337 e. The number of hydrogen-bond donors (Lipinski definition) is 2. The second-order valence-corrected chi connectivity index (χ2v) is 9.23. The zero-order valence-electron chi connectivity index (χ0n) is 20.7. The molecular weight excluding hydrogens is 456 g/mol. The molecule has 0 radical (unpaired) electrons. The highest BCUT2D eigenvalue weighted by molar-refractivity contribution is 6.09. The number of ketones is 1. The molecule has 0 saturated carbocycles. The van der Waals surface area contributed by atoms with E-state index in [0.717, 1.165) is 29.0 Å². The number of amides is 1. The number of benzene rings is 3. The molecule has 36 heavy (non-hydrogen) atoms. The van der Waals surface area contributed by atoms with Crippen molar-refractivity contribution in [2.24, 2.45) is 0 Å². The van der Waals surface area contributed by atoms with Gasteiger partial charge in [-0.3, -0.25) is 9.59 Å². The number of esters is 1. The predicted molar refractivity (Wildman–Crippen MR) is 138 cm³/mol. The summed E-state index contributed by atoms with van der Waals surface area (Å²) in [6.07, 6.45) is 2.44. The molecule has 1 aliphatic heterocycles. The Kier molecular flexibility index (Phi) is 6.92. The van der Waals surface area contributed by atoms with Crippen molar-refractivity contribution in [3.63, 3.8) is 0 Å². The summed E-state index contributed by atoms with van der Waals surface area (Å²) < 4.78 is 10.0. The number of nitrogens with one attached hydrogen (secondary N) is 2. The van der Waals surface area contributed by atoms with Gasteiger partial charge in [0.05, 0.1) is 19.8 Å². The summed E-state index contributed by atoms with van der Waals surface area (Å²) >= 11 is 0. The molecule has 7 heteroatoms. The van der Waals surface area contributed by atoms with Crippen LogP contribution in [0.3, 0.4) is 0 Å². The zero-order chi connectivity index (χ0) is 25.9. The Morgan fingerprint density at radius 1 is 0.889 bits per heavy atom. The average molecular weight is 485 g/mol. The summed E-state index contributed by atoms with van der Waals surface area (Å²) in [5, 5.41) is 6.27. The van der Waals surface area contributed by atoms with E-state index in [-0.39, 0.29) is 17.2 Å². The molecule has 0 bridgehead atoms. The molecule has 3 aromatic rings. The lowest BCUT2D eigenvalue weighted by molar-refractivity contribution is 0.0600. The van der Waals surface area contributed by atoms with Crippen molar-refractivity contribution in [1.29, 1.82) is 0 Å². The lowest BCUT2D eigenvalue weighted by atomic mass is 9.85. The second kappa shape index (κ2) is 10.1. The van der Waals surface area contributed by atoms with Gasteiger partial charge in [-0.2, -0.15) is 0 Å². The standard InChI is InChI=1S/C29H28N2O5/c1-29(2)17-21-11-14-23(35-3)15-24(21)25(31-29)16-26(32)18-9-12-22(13-10-18)30-27(33)19-5-7-20(8-6-19)28(34)36-4/h5-16,31H,17H2,1-4H3,(H,30,33)/b25-16-. The Labute approximate surface area is 210 Å². The molecule has 0 aromatic heterocycles. The Morgan fingerprint density at radius 2 is 1.53 bits per heavy atom. The lowest BCUT2D eigenvalue weighted by Crippen LogP contribution is -2.43. The molecule has 184 valence electrons. The molecule has 3 aromatic carbocycles. The van der Waals surface area contributed by atoms with E-state index in [1.807, 2.05) is 18.2 Å². The summed E-state index contributed by atoms with van der Waals surface area (Å²) in [5.74, 6) is -0.215. The summed E-state index contributed by atoms with van der Waals surface area (Å²) in [4.78, 5) is 37.2. The number of ether oxygens (including phenoxy) is 2. The fraction of sp³-hybridized carbons (Fsp3) is 0.207. The van der Waals surface area contributed by atoms with Crippen molar-refractivity contribution < 1.29 is 23.9 Å². The van der Waals surface area contributed by atoms with Crippen molar-refractivity contribution in [1.82, 2.24) is 5.32 Å². The third-order valence-electron chi connectivity index (χ3n) is 5.98. The van der Waals surface area contributed by atoms with Gasteiger partial charge >= 0.3 is 5.97 Å². The van der Waals surface area contributed by atoms with Crippen molar-refractivity contribution in [3.05, 3.63) is 101 Å². The monoisotopic (exact) mass is 484 g/mol. The molecule has 1 aliphatic rings. The van der Waals surface area contributed by atoms with Crippen LogP contribution in [0, 0.1) is 0 Å². The molecule has 0 fully saturated rings. The van der Waals surface area contributed by atoms with Crippen molar-refractivity contribution in [3.8, 4) is 5.75 Å². The van der Waals surface area contributed by atoms with Gasteiger partial charge in [0.25, 0.3) is 5.91 Å². The minimum atomic E-state index is -0.466. The number of fused-ring (bicyclic) bond motifs is 1. The molecule has 0 unspecified atom stereocenters. The highest BCUT2D eigenvalue weighted by atomic mass is 16.5. The van der Waals surface area contributed by atoms with Crippen LogP contribution in [0.4, 0.5) is 5.69 Å². The Bertz CT molecular complexity index is 1340. The van der Waals surface area contributed by atoms with Crippen LogP contribution in [0.5, 0.6) is 5.75 Å². The Morgan fingerprint density at radius 3 is 2.17 bits per heavy atom. The number of rotatable bonds is 6. The van der Waals surface area contributed by atoms with Crippen molar-refractivity contribution in [2.75, 3.05) is 19.5 Å². The van der Waals surface area contributed by atoms with Gasteiger partial charge in [0.1, 0.15) is 5.75 Å². The molecular formula is C29H28N2O5. The first-order chi connectivity index (χ1) is 17.2. The van der Waals surface area contributed by atoms with Gasteiger partial charge in [-0.15, -0.1) is 0 Å². The fourth-order valence-electron chi connectivity index (χ4n) is 4.16. The lowest BCUT2D eigenvalue weighted by Gasteiger charge is -2.35. The number of allylic oxidation sites excluding steroid dienone is 1. The molecule has 4 rings (SSSR count). The largest absolute Gasteiger partial charge is 0.497 e. The second-order valence-electron chi connectivity index (χ2n) is 9.23. The Hall–Kier alpha value is -4.39. The normalized spacial score (nSPS) is 14.8. The number of methoxy groups -OCH3 is 2. The van der Waals surface area contributed by atoms with Gasteiger partial charge in [0.2, 0.25) is 0 Å². The summed E-state index contributed by atoms with van der Waals surface area (Å²) in [6, 6.07) is 18.8. The van der Waals surface area contributed by atoms with Crippen LogP contribution in [-0.2, 0) is 11.2 Å². The van der Waals surface area contributed by atoms with Gasteiger partial charge in [0.15, 0.2) is 5.78 Å². The number of carbonyl (C=O) groups is 3. The van der Waals surface area contributed by atoms with E-state index < -0.39 is 5.97 Å². The number of carbonyl (C=O) groups excluding carboxylic acids is 3. The van der Waals surface area contributed by atoms with Crippen LogP contribution in [-0.4, -0.2) is 37.4 Å². The SMILES string of the molecule is COC(=O)c1ccc(C(=O)Nc2ccc(C(=O)/C=C3\NC(C)(C)Cc4ccc(OC)cc43)cc2)cc1. The van der Waals surface area contributed by atoms with E-state index in [1.54, 1.807) is 49.6 Å². The molecule has 1 amide bonds. The van der Waals surface area contributed by atoms with Crippen LogP contribution in [0.2, 0.25) is 0 Å². The van der Waals surface area contributed by atoms with Crippen LogP contribution in [0.1, 0.15) is 56.0 Å². The van der Waals surface area contributed by atoms with Gasteiger partial charge in [0, 0.05) is 39.7 Å². The zero-order valence-corrected chi connectivity index (χ0v) is 20.7. The van der Waals surface area contributed by atoms with E-state index >= 15 is 0 Å². The molecule has 0 aliphatic carbocycles. The quantitative estimate of drug-likeness (QED) is 0.294. The van der Waals surface area contributed by atoms with E-state index in [4.69, 9.17) is 4.74 Å². The maximum atomic E-state index is 13.1. The first-order valence-corrected chi connectivity index (χ1v) is 11.5. The fourth-order valence-corrected chi connectivity index (χ4v) is 4.16. The third kappa shape index (κ3) is 5.46. The topological polar surface area (TPSA) is 93.7 Å². The maximum Gasteiger partial charge on any atom is 0.337 e. The van der Waals surface area contributed by atoms with Crippen LogP contribution in [0.15, 0.2) is 72.8 Å². The van der Waals surface area contributed by atoms with Crippen LogP contribution in [0.25, 0.3) is 5.70 Å². The molecule has 0 atom stereocenters. The van der Waals surface area contributed by atoms with E-state index in [0.29, 0.717) is 22.4 Å². The van der Waals surface area contributed by atoms with Gasteiger partial charge < -0.3 is 20.1 Å². The highest BCUT2D eigenvalue weighted by Gasteiger charge is 2.28. The Balaban J connectivity index is 1.49. The van der Waals surface area contributed by atoms with Gasteiger partial charge in [-0.25, -0.2) is 4.79 Å². The summed E-state index contributed by atoms with van der Waals surface area (Å²) in [5.41, 5.74) is 4.45. The van der Waals surface area contributed by atoms with E-state index in [9.17, 15) is 14.4 Å². The van der Waals surface area contributed by atoms with Crippen molar-refractivity contribution >= 4 is 29.0 Å². The van der Waals surface area contributed by atoms with E-state index in [1.165, 1.54) is 19.2 Å². The van der Waals surface area contributed by atoms with Crippen LogP contribution >= 0.6 is 0 Å². The molecule has 7 nitrogen and oxygen atoms in total. The number of anilines is 1. The third-order valence-corrected chi connectivity index (χ3v) is 5.98. The maximum absolute atomic E-state index is 13.1. The molecule has 0 saturated heterocycles.